The molecule has 0 aliphatic heterocycles. The zero-order valence-corrected chi connectivity index (χ0v) is 12.2. The van der Waals surface area contributed by atoms with Gasteiger partial charge in [0.2, 0.25) is 0 Å². The molecule has 1 heterocycles. The molecular formula is C13H26N4O. The number of nitrogens with zero attached hydrogens (tertiary/aromatic N) is 3. The second-order valence-electron chi connectivity index (χ2n) is 5.85. The Bertz CT molecular complexity index is 343. The van der Waals surface area contributed by atoms with Crippen molar-refractivity contribution in [2.24, 2.45) is 18.4 Å². The maximum absolute atomic E-state index is 5.04. The fraction of sp³-hybridized carbons (Fsp3) is 0.846. The summed E-state index contributed by atoms with van der Waals surface area (Å²) in [6.45, 7) is 9.43. The van der Waals surface area contributed by atoms with Gasteiger partial charge in [-0.05, 0) is 24.3 Å². The van der Waals surface area contributed by atoms with E-state index in [0.717, 1.165) is 31.8 Å². The number of ether oxygens (including phenoxy) is 1. The molecule has 1 N–H and O–H groups in total. The third kappa shape index (κ3) is 5.14. The van der Waals surface area contributed by atoms with E-state index in [4.69, 9.17) is 4.74 Å². The lowest BCUT2D eigenvalue weighted by molar-refractivity contribution is 0.186. The lowest BCUT2D eigenvalue weighted by Crippen LogP contribution is -2.34. The molecule has 1 aromatic rings. The highest BCUT2D eigenvalue weighted by Crippen LogP contribution is 2.28. The quantitative estimate of drug-likeness (QED) is 0.744. The molecule has 18 heavy (non-hydrogen) atoms. The molecule has 104 valence electrons. The second kappa shape index (κ2) is 6.85. The molecule has 5 nitrogen and oxygen atoms in total. The highest BCUT2D eigenvalue weighted by molar-refractivity contribution is 4.96. The molecule has 0 aliphatic rings. The van der Waals surface area contributed by atoms with Crippen molar-refractivity contribution in [3.8, 4) is 0 Å². The van der Waals surface area contributed by atoms with E-state index in [0.29, 0.717) is 5.92 Å². The zero-order chi connectivity index (χ0) is 13.6. The van der Waals surface area contributed by atoms with Crippen LogP contribution in [0.25, 0.3) is 0 Å². The maximum Gasteiger partial charge on any atom is 0.0830 e. The number of aryl methyl sites for hydroxylation is 1. The minimum Gasteiger partial charge on any atom is -0.383 e. The van der Waals surface area contributed by atoms with E-state index in [1.54, 1.807) is 11.8 Å². The summed E-state index contributed by atoms with van der Waals surface area (Å²) in [6, 6.07) is 0. The lowest BCUT2D eigenvalue weighted by Gasteiger charge is -2.30. The van der Waals surface area contributed by atoms with E-state index in [1.807, 2.05) is 13.2 Å². The summed E-state index contributed by atoms with van der Waals surface area (Å²) in [6.07, 6.45) is 2.95. The van der Waals surface area contributed by atoms with Gasteiger partial charge in [0, 0.05) is 26.9 Å². The summed E-state index contributed by atoms with van der Waals surface area (Å²) in [5.74, 6) is 0.533. The van der Waals surface area contributed by atoms with Crippen LogP contribution in [0.3, 0.4) is 0 Å². The first-order valence-corrected chi connectivity index (χ1v) is 6.48. The van der Waals surface area contributed by atoms with Gasteiger partial charge in [-0.15, -0.1) is 5.10 Å². The van der Waals surface area contributed by atoms with E-state index in [2.05, 4.69) is 36.4 Å². The molecule has 5 heteroatoms. The topological polar surface area (TPSA) is 52.0 Å². The number of aromatic nitrogens is 3. The predicted octanol–water partition coefficient (Wildman–Crippen LogP) is 1.26. The summed E-state index contributed by atoms with van der Waals surface area (Å²) in [5, 5.41) is 11.6. The van der Waals surface area contributed by atoms with Crippen LogP contribution in [0, 0.1) is 11.3 Å². The van der Waals surface area contributed by atoms with Crippen LogP contribution >= 0.6 is 0 Å². The van der Waals surface area contributed by atoms with Crippen molar-refractivity contribution in [2.75, 3.05) is 26.8 Å². The monoisotopic (exact) mass is 254 g/mol. The van der Waals surface area contributed by atoms with Crippen LogP contribution in [0.2, 0.25) is 0 Å². The van der Waals surface area contributed by atoms with Crippen molar-refractivity contribution >= 4 is 0 Å². The Morgan fingerprint density at radius 3 is 2.67 bits per heavy atom. The van der Waals surface area contributed by atoms with Crippen molar-refractivity contribution in [2.45, 2.75) is 27.2 Å². The van der Waals surface area contributed by atoms with Gasteiger partial charge < -0.3 is 10.1 Å². The number of methoxy groups -OCH3 is 1. The van der Waals surface area contributed by atoms with Gasteiger partial charge >= 0.3 is 0 Å². The van der Waals surface area contributed by atoms with E-state index in [1.165, 1.54) is 0 Å². The smallest absolute Gasteiger partial charge is 0.0830 e. The normalized spacial score (nSPS) is 13.8. The standard InChI is InChI=1S/C13H26N4O/c1-13(2,3)11(9-14-6-7-18-5)8-12-10-17(4)16-15-12/h10-11,14H,6-9H2,1-5H3. The van der Waals surface area contributed by atoms with Gasteiger partial charge in [0.05, 0.1) is 12.3 Å². The Morgan fingerprint density at radius 2 is 2.17 bits per heavy atom. The molecule has 1 rings (SSSR count). The summed E-state index contributed by atoms with van der Waals surface area (Å²) < 4.78 is 6.80. The molecule has 0 spiro atoms. The maximum atomic E-state index is 5.04. The lowest BCUT2D eigenvalue weighted by atomic mass is 9.78. The van der Waals surface area contributed by atoms with Crippen LogP contribution in [0.5, 0.6) is 0 Å². The molecule has 0 aromatic carbocycles. The second-order valence-corrected chi connectivity index (χ2v) is 5.85. The van der Waals surface area contributed by atoms with Crippen LogP contribution in [0.15, 0.2) is 6.20 Å². The van der Waals surface area contributed by atoms with Gasteiger partial charge in [0.25, 0.3) is 0 Å². The van der Waals surface area contributed by atoms with Crippen molar-refractivity contribution in [3.63, 3.8) is 0 Å². The van der Waals surface area contributed by atoms with Crippen LogP contribution in [0.1, 0.15) is 26.5 Å². The molecular weight excluding hydrogens is 228 g/mol. The molecule has 1 atom stereocenters. The summed E-state index contributed by atoms with van der Waals surface area (Å²) in [4.78, 5) is 0. The van der Waals surface area contributed by atoms with Gasteiger partial charge in [-0.2, -0.15) is 0 Å². The summed E-state index contributed by atoms with van der Waals surface area (Å²) >= 11 is 0. The third-order valence-corrected chi connectivity index (χ3v) is 3.20. The van der Waals surface area contributed by atoms with Crippen LogP contribution in [-0.4, -0.2) is 41.8 Å². The number of nitrogens with one attached hydrogen (secondary N) is 1. The molecule has 1 aromatic heterocycles. The van der Waals surface area contributed by atoms with Gasteiger partial charge in [-0.25, -0.2) is 0 Å². The first-order valence-electron chi connectivity index (χ1n) is 6.48. The number of hydrogen-bond donors (Lipinski definition) is 1. The molecule has 0 bridgehead atoms. The van der Waals surface area contributed by atoms with Gasteiger partial charge in [0.15, 0.2) is 0 Å². The largest absolute Gasteiger partial charge is 0.383 e. The Balaban J connectivity index is 2.51. The highest BCUT2D eigenvalue weighted by atomic mass is 16.5. The fourth-order valence-electron chi connectivity index (χ4n) is 1.88. The van der Waals surface area contributed by atoms with Crippen molar-refractivity contribution in [1.82, 2.24) is 20.3 Å². The van der Waals surface area contributed by atoms with Gasteiger partial charge in [-0.1, -0.05) is 26.0 Å². The minimum absolute atomic E-state index is 0.248. The molecule has 0 aliphatic carbocycles. The SMILES string of the molecule is COCCNCC(Cc1cn(C)nn1)C(C)(C)C. The Labute approximate surface area is 110 Å². The highest BCUT2D eigenvalue weighted by Gasteiger charge is 2.25. The first-order chi connectivity index (χ1) is 8.43. The van der Waals surface area contributed by atoms with E-state index < -0.39 is 0 Å². The minimum atomic E-state index is 0.248. The van der Waals surface area contributed by atoms with Crippen LogP contribution < -0.4 is 5.32 Å². The van der Waals surface area contributed by atoms with E-state index >= 15 is 0 Å². The van der Waals surface area contributed by atoms with Crippen molar-refractivity contribution in [1.29, 1.82) is 0 Å². The zero-order valence-electron chi connectivity index (χ0n) is 12.2. The van der Waals surface area contributed by atoms with Gasteiger partial charge in [0.1, 0.15) is 0 Å². The van der Waals surface area contributed by atoms with Gasteiger partial charge in [-0.3, -0.25) is 4.68 Å². The Kier molecular flexibility index (Phi) is 5.75. The first kappa shape index (κ1) is 15.1. The van der Waals surface area contributed by atoms with E-state index in [-0.39, 0.29) is 5.41 Å². The molecule has 0 saturated carbocycles. The van der Waals surface area contributed by atoms with Crippen LogP contribution in [-0.2, 0) is 18.2 Å². The average molecular weight is 254 g/mol. The van der Waals surface area contributed by atoms with Crippen molar-refractivity contribution < 1.29 is 4.74 Å². The Hall–Kier alpha value is -0.940. The number of hydrogen-bond acceptors (Lipinski definition) is 4. The summed E-state index contributed by atoms with van der Waals surface area (Å²) in [7, 11) is 3.63. The molecule has 0 fully saturated rings. The molecule has 0 saturated heterocycles. The van der Waals surface area contributed by atoms with Crippen LogP contribution in [0.4, 0.5) is 0 Å². The number of rotatable bonds is 7. The van der Waals surface area contributed by atoms with Crippen molar-refractivity contribution in [3.05, 3.63) is 11.9 Å². The molecule has 0 amide bonds. The molecule has 0 radical (unpaired) electrons. The third-order valence-electron chi connectivity index (χ3n) is 3.20. The summed E-state index contributed by atoms with van der Waals surface area (Å²) in [5.41, 5.74) is 1.31. The van der Waals surface area contributed by atoms with E-state index in [9.17, 15) is 0 Å². The molecule has 1 unspecified atom stereocenters. The predicted molar refractivity (Wildman–Crippen MR) is 72.4 cm³/mol. The average Bonchev–Trinajstić information content (AvgIpc) is 2.67. The Morgan fingerprint density at radius 1 is 1.44 bits per heavy atom. The fourth-order valence-corrected chi connectivity index (χ4v) is 1.88.